The van der Waals surface area contributed by atoms with Gasteiger partial charge in [0, 0.05) is 30.5 Å². The molecule has 2 amide bonds. The van der Waals surface area contributed by atoms with Crippen LogP contribution in [0.15, 0.2) is 48.7 Å². The summed E-state index contributed by atoms with van der Waals surface area (Å²) in [7, 11) is 0. The Balaban J connectivity index is 1.64. The number of nitrogens with zero attached hydrogens (tertiary/aromatic N) is 6. The molecule has 1 aromatic carbocycles. The Bertz CT molecular complexity index is 1420. The van der Waals surface area contributed by atoms with Crippen molar-refractivity contribution in [3.63, 3.8) is 0 Å². The quantitative estimate of drug-likeness (QED) is 0.447. The van der Waals surface area contributed by atoms with Crippen molar-refractivity contribution in [2.75, 3.05) is 31.6 Å². The zero-order valence-electron chi connectivity index (χ0n) is 18.3. The van der Waals surface area contributed by atoms with E-state index in [4.69, 9.17) is 26.4 Å². The fourth-order valence-corrected chi connectivity index (χ4v) is 4.18. The molecule has 4 aromatic rings. The molecule has 10 heteroatoms. The number of aromatic nitrogens is 4. The third-order valence-corrected chi connectivity index (χ3v) is 5.69. The number of hydrogen-bond acceptors (Lipinski definition) is 6. The van der Waals surface area contributed by atoms with Gasteiger partial charge >= 0.3 is 6.03 Å². The zero-order valence-corrected chi connectivity index (χ0v) is 19.1. The van der Waals surface area contributed by atoms with Crippen LogP contribution in [0.2, 0.25) is 5.15 Å². The summed E-state index contributed by atoms with van der Waals surface area (Å²) in [6.07, 6.45) is 1.74. The number of carbonyl (C=O) groups excluding carboxylic acids is 1. The number of carbonyl (C=O) groups is 1. The molecule has 9 nitrogen and oxygen atoms in total. The molecule has 1 aliphatic rings. The Hall–Kier alpha value is -4.00. The third kappa shape index (κ3) is 4.29. The molecule has 0 aliphatic carbocycles. The molecule has 170 valence electrons. The van der Waals surface area contributed by atoms with E-state index in [1.54, 1.807) is 39.9 Å². The second-order valence-corrected chi connectivity index (χ2v) is 8.23. The number of aryl methyl sites for hydroxylation is 1. The predicted molar refractivity (Wildman–Crippen MR) is 128 cm³/mol. The number of nitrogens with one attached hydrogen (secondary N) is 1. The van der Waals surface area contributed by atoms with Crippen molar-refractivity contribution >= 4 is 29.1 Å². The summed E-state index contributed by atoms with van der Waals surface area (Å²) in [5, 5.41) is 17.3. The van der Waals surface area contributed by atoms with Crippen LogP contribution in [0.5, 0.6) is 0 Å². The van der Waals surface area contributed by atoms with Gasteiger partial charge in [-0.1, -0.05) is 23.7 Å². The first-order chi connectivity index (χ1) is 16.5. The number of amides is 2. The highest BCUT2D eigenvalue weighted by Gasteiger charge is 2.21. The number of ether oxygens (including phenoxy) is 1. The van der Waals surface area contributed by atoms with Crippen LogP contribution in [0.4, 0.5) is 10.6 Å². The van der Waals surface area contributed by atoms with Gasteiger partial charge in [0.15, 0.2) is 5.65 Å². The van der Waals surface area contributed by atoms with Gasteiger partial charge in [-0.05, 0) is 42.8 Å². The summed E-state index contributed by atoms with van der Waals surface area (Å²) < 4.78 is 6.97. The van der Waals surface area contributed by atoms with Gasteiger partial charge in [0.05, 0.1) is 30.4 Å². The van der Waals surface area contributed by atoms with Crippen LogP contribution in [0.25, 0.3) is 28.0 Å². The molecule has 0 atom stereocenters. The molecule has 5 rings (SSSR count). The first-order valence-electron chi connectivity index (χ1n) is 10.7. The normalized spacial score (nSPS) is 13.6. The van der Waals surface area contributed by atoms with E-state index < -0.39 is 0 Å². The van der Waals surface area contributed by atoms with Crippen LogP contribution in [0.3, 0.4) is 0 Å². The van der Waals surface area contributed by atoms with E-state index in [9.17, 15) is 10.1 Å². The number of urea groups is 1. The Labute approximate surface area is 200 Å². The number of hydrogen-bond donors (Lipinski definition) is 1. The number of rotatable bonds is 3. The Morgan fingerprint density at radius 3 is 2.74 bits per heavy atom. The predicted octanol–water partition coefficient (Wildman–Crippen LogP) is 4.16. The smallest absolute Gasteiger partial charge is 0.323 e. The SMILES string of the molecule is Cc1cc(-c2c(-c3cccc(C#N)c3)nn3ccc(NC(=O)N4CCOCC4)nc23)cc(Cl)n1. The molecule has 1 aliphatic heterocycles. The van der Waals surface area contributed by atoms with Gasteiger partial charge in [-0.3, -0.25) is 5.32 Å². The summed E-state index contributed by atoms with van der Waals surface area (Å²) in [4.78, 5) is 23.4. The van der Waals surface area contributed by atoms with Crippen molar-refractivity contribution in [1.82, 2.24) is 24.5 Å². The zero-order chi connectivity index (χ0) is 23.7. The minimum absolute atomic E-state index is 0.231. The van der Waals surface area contributed by atoms with Crippen molar-refractivity contribution in [3.8, 4) is 28.5 Å². The molecule has 1 saturated heterocycles. The molecule has 0 bridgehead atoms. The van der Waals surface area contributed by atoms with Crippen LogP contribution < -0.4 is 5.32 Å². The third-order valence-electron chi connectivity index (χ3n) is 5.49. The molecule has 0 saturated carbocycles. The van der Waals surface area contributed by atoms with Crippen LogP contribution in [0.1, 0.15) is 11.3 Å². The van der Waals surface area contributed by atoms with Gasteiger partial charge in [-0.15, -0.1) is 0 Å². The van der Waals surface area contributed by atoms with Gasteiger partial charge in [-0.2, -0.15) is 10.4 Å². The molecule has 0 spiro atoms. The van der Waals surface area contributed by atoms with E-state index in [2.05, 4.69) is 16.4 Å². The lowest BCUT2D eigenvalue weighted by Crippen LogP contribution is -2.43. The summed E-state index contributed by atoms with van der Waals surface area (Å²) in [6.45, 7) is 3.94. The number of morpholine rings is 1. The number of benzene rings is 1. The van der Waals surface area contributed by atoms with E-state index >= 15 is 0 Å². The maximum Gasteiger partial charge on any atom is 0.323 e. The largest absolute Gasteiger partial charge is 0.378 e. The lowest BCUT2D eigenvalue weighted by molar-refractivity contribution is 0.0564. The van der Waals surface area contributed by atoms with Gasteiger partial charge < -0.3 is 9.64 Å². The molecule has 0 unspecified atom stereocenters. The van der Waals surface area contributed by atoms with Crippen molar-refractivity contribution in [3.05, 3.63) is 65.1 Å². The van der Waals surface area contributed by atoms with Crippen LogP contribution >= 0.6 is 11.6 Å². The number of pyridine rings is 1. The van der Waals surface area contributed by atoms with Crippen molar-refractivity contribution in [2.24, 2.45) is 0 Å². The van der Waals surface area contributed by atoms with Gasteiger partial charge in [-0.25, -0.2) is 19.3 Å². The van der Waals surface area contributed by atoms with Gasteiger partial charge in [0.1, 0.15) is 16.7 Å². The van der Waals surface area contributed by atoms with Gasteiger partial charge in [0.25, 0.3) is 0 Å². The second kappa shape index (κ2) is 9.09. The Kier molecular flexibility index (Phi) is 5.84. The molecule has 0 radical (unpaired) electrons. The van der Waals surface area contributed by atoms with E-state index in [0.29, 0.717) is 54.2 Å². The minimum Gasteiger partial charge on any atom is -0.378 e. The fraction of sp³-hybridized carbons (Fsp3) is 0.208. The summed E-state index contributed by atoms with van der Waals surface area (Å²) >= 11 is 6.28. The van der Waals surface area contributed by atoms with E-state index in [1.807, 2.05) is 25.1 Å². The number of halogens is 1. The molecule has 1 fully saturated rings. The summed E-state index contributed by atoms with van der Waals surface area (Å²) in [6, 6.07) is 14.5. The molecular weight excluding hydrogens is 454 g/mol. The van der Waals surface area contributed by atoms with Crippen LogP contribution in [-0.4, -0.2) is 56.8 Å². The van der Waals surface area contributed by atoms with Crippen molar-refractivity contribution in [1.29, 1.82) is 5.26 Å². The average molecular weight is 474 g/mol. The average Bonchev–Trinajstić information content (AvgIpc) is 3.23. The summed E-state index contributed by atoms with van der Waals surface area (Å²) in [5.41, 5.74) is 4.73. The molecule has 3 aromatic heterocycles. The number of anilines is 1. The lowest BCUT2D eigenvalue weighted by Gasteiger charge is -2.26. The monoisotopic (exact) mass is 473 g/mol. The second-order valence-electron chi connectivity index (χ2n) is 7.85. The van der Waals surface area contributed by atoms with Crippen molar-refractivity contribution in [2.45, 2.75) is 6.92 Å². The highest BCUT2D eigenvalue weighted by Crippen LogP contribution is 2.36. The van der Waals surface area contributed by atoms with E-state index in [1.165, 1.54) is 0 Å². The summed E-state index contributed by atoms with van der Waals surface area (Å²) in [5.74, 6) is 0.402. The topological polar surface area (TPSA) is 108 Å². The minimum atomic E-state index is -0.231. The van der Waals surface area contributed by atoms with Crippen molar-refractivity contribution < 1.29 is 9.53 Å². The standard InChI is InChI=1S/C24H20ClN7O2/c1-15-11-18(13-19(25)27-15)21-22(17-4-2-3-16(12-17)14-26)30-32-6-5-20(28-23(21)32)29-24(33)31-7-9-34-10-8-31/h2-6,11-13H,7-10H2,1H3,(H,28,29,33). The first-order valence-corrected chi connectivity index (χ1v) is 11.1. The van der Waals surface area contributed by atoms with E-state index in [-0.39, 0.29) is 6.03 Å². The van der Waals surface area contributed by atoms with Crippen LogP contribution in [0, 0.1) is 18.3 Å². The highest BCUT2D eigenvalue weighted by molar-refractivity contribution is 6.29. The fourth-order valence-electron chi connectivity index (χ4n) is 3.93. The maximum atomic E-state index is 12.7. The first kappa shape index (κ1) is 21.8. The molecular formula is C24H20ClN7O2. The Morgan fingerprint density at radius 1 is 1.15 bits per heavy atom. The maximum absolute atomic E-state index is 12.7. The van der Waals surface area contributed by atoms with Gasteiger partial charge in [0.2, 0.25) is 0 Å². The molecule has 4 heterocycles. The van der Waals surface area contributed by atoms with E-state index in [0.717, 1.165) is 22.4 Å². The molecule has 34 heavy (non-hydrogen) atoms. The number of fused-ring (bicyclic) bond motifs is 1. The van der Waals surface area contributed by atoms with Crippen LogP contribution in [-0.2, 0) is 4.74 Å². The highest BCUT2D eigenvalue weighted by atomic mass is 35.5. The lowest BCUT2D eigenvalue weighted by atomic mass is 10.00. The molecule has 1 N–H and O–H groups in total. The Morgan fingerprint density at radius 2 is 1.97 bits per heavy atom. The number of nitriles is 1.